The van der Waals surface area contributed by atoms with Crippen LogP contribution in [0, 0.1) is 0 Å². The van der Waals surface area contributed by atoms with Gasteiger partial charge >= 0.3 is 0 Å². The van der Waals surface area contributed by atoms with E-state index in [-0.39, 0.29) is 0 Å². The molecule has 2 rings (SSSR count). The molecule has 3 atom stereocenters. The lowest BCUT2D eigenvalue weighted by molar-refractivity contribution is 0.126. The number of nitrogens with zero attached hydrogens (tertiary/aromatic N) is 1. The molecule has 4 heteroatoms. The van der Waals surface area contributed by atoms with E-state index in [2.05, 4.69) is 47.5 Å². The van der Waals surface area contributed by atoms with Crippen molar-refractivity contribution in [1.82, 2.24) is 10.2 Å². The minimum Gasteiger partial charge on any atom is -0.314 e. The van der Waals surface area contributed by atoms with Gasteiger partial charge in [-0.1, -0.05) is 30.3 Å². The maximum atomic E-state index is 11.4. The third-order valence-electron chi connectivity index (χ3n) is 3.51. The van der Waals surface area contributed by atoms with Crippen LogP contribution in [0.4, 0.5) is 0 Å². The van der Waals surface area contributed by atoms with Crippen molar-refractivity contribution >= 4 is 10.8 Å². The fraction of sp³-hybridized carbons (Fsp3) is 0.571. The van der Waals surface area contributed by atoms with Crippen LogP contribution in [0.1, 0.15) is 18.5 Å². The average Bonchev–Trinajstić information content (AvgIpc) is 2.39. The molecule has 0 bridgehead atoms. The molecule has 3 unspecified atom stereocenters. The molecule has 0 saturated carbocycles. The Labute approximate surface area is 112 Å². The second-order valence-electron chi connectivity index (χ2n) is 4.96. The Morgan fingerprint density at radius 1 is 1.44 bits per heavy atom. The first-order chi connectivity index (χ1) is 8.68. The second kappa shape index (κ2) is 6.45. The largest absolute Gasteiger partial charge is 0.314 e. The van der Waals surface area contributed by atoms with Gasteiger partial charge in [-0.3, -0.25) is 9.11 Å². The predicted octanol–water partition coefficient (Wildman–Crippen LogP) is 1.40. The molecule has 0 aliphatic carbocycles. The quantitative estimate of drug-likeness (QED) is 0.894. The van der Waals surface area contributed by atoms with Gasteiger partial charge in [0.05, 0.1) is 0 Å². The van der Waals surface area contributed by atoms with E-state index in [1.165, 1.54) is 5.56 Å². The van der Waals surface area contributed by atoms with E-state index in [1.807, 2.05) is 0 Å². The molecular formula is C14H22N2OS. The van der Waals surface area contributed by atoms with Crippen LogP contribution in [0.25, 0.3) is 0 Å². The zero-order chi connectivity index (χ0) is 13.0. The van der Waals surface area contributed by atoms with Crippen LogP contribution in [0.2, 0.25) is 0 Å². The van der Waals surface area contributed by atoms with Crippen LogP contribution in [-0.2, 0) is 10.8 Å². The maximum absolute atomic E-state index is 11.4. The van der Waals surface area contributed by atoms with Gasteiger partial charge in [0.15, 0.2) is 0 Å². The SMILES string of the molecule is CC(CS(C)=O)N1CCNCC1c1ccccc1. The summed E-state index contributed by atoms with van der Waals surface area (Å²) in [6.07, 6.45) is 1.79. The topological polar surface area (TPSA) is 32.3 Å². The van der Waals surface area contributed by atoms with Gasteiger partial charge in [-0.15, -0.1) is 0 Å². The molecule has 3 nitrogen and oxygen atoms in total. The summed E-state index contributed by atoms with van der Waals surface area (Å²) < 4.78 is 11.4. The first-order valence-electron chi connectivity index (χ1n) is 6.50. The number of piperazine rings is 1. The van der Waals surface area contributed by atoms with E-state index in [4.69, 9.17) is 0 Å². The molecule has 1 aliphatic rings. The molecule has 18 heavy (non-hydrogen) atoms. The zero-order valence-corrected chi connectivity index (χ0v) is 12.0. The van der Waals surface area contributed by atoms with Gasteiger partial charge in [-0.25, -0.2) is 0 Å². The first-order valence-corrected chi connectivity index (χ1v) is 8.22. The molecule has 1 N–H and O–H groups in total. The second-order valence-corrected chi connectivity index (χ2v) is 6.44. The van der Waals surface area contributed by atoms with E-state index < -0.39 is 10.8 Å². The molecule has 1 saturated heterocycles. The molecule has 1 aromatic rings. The smallest absolute Gasteiger partial charge is 0.0476 e. The number of hydrogen-bond acceptors (Lipinski definition) is 3. The van der Waals surface area contributed by atoms with Gasteiger partial charge in [-0.05, 0) is 12.5 Å². The van der Waals surface area contributed by atoms with Crippen molar-refractivity contribution in [2.24, 2.45) is 0 Å². The lowest BCUT2D eigenvalue weighted by atomic mass is 10.0. The van der Waals surface area contributed by atoms with Crippen molar-refractivity contribution in [1.29, 1.82) is 0 Å². The highest BCUT2D eigenvalue weighted by Gasteiger charge is 2.27. The summed E-state index contributed by atoms with van der Waals surface area (Å²) in [6.45, 7) is 5.20. The van der Waals surface area contributed by atoms with Crippen LogP contribution in [0.15, 0.2) is 30.3 Å². The van der Waals surface area contributed by atoms with Gasteiger partial charge in [0.2, 0.25) is 0 Å². The predicted molar refractivity (Wildman–Crippen MR) is 77.2 cm³/mol. The third-order valence-corrected chi connectivity index (χ3v) is 4.46. The van der Waals surface area contributed by atoms with E-state index in [1.54, 1.807) is 6.26 Å². The Bertz CT molecular complexity index is 396. The van der Waals surface area contributed by atoms with Gasteiger partial charge in [-0.2, -0.15) is 0 Å². The van der Waals surface area contributed by atoms with E-state index in [0.717, 1.165) is 25.4 Å². The summed E-state index contributed by atoms with van der Waals surface area (Å²) in [6, 6.07) is 11.4. The Hall–Kier alpha value is -0.710. The van der Waals surface area contributed by atoms with Crippen LogP contribution < -0.4 is 5.32 Å². The van der Waals surface area contributed by atoms with Crippen molar-refractivity contribution in [3.63, 3.8) is 0 Å². The normalized spacial score (nSPS) is 24.7. The number of nitrogens with one attached hydrogen (secondary N) is 1. The van der Waals surface area contributed by atoms with Gasteiger partial charge in [0, 0.05) is 54.5 Å². The average molecular weight is 266 g/mol. The highest BCUT2D eigenvalue weighted by molar-refractivity contribution is 7.84. The summed E-state index contributed by atoms with van der Waals surface area (Å²) in [7, 11) is -0.731. The molecule has 0 spiro atoms. The number of rotatable bonds is 4. The highest BCUT2D eigenvalue weighted by Crippen LogP contribution is 2.24. The Balaban J connectivity index is 2.13. The Morgan fingerprint density at radius 3 is 2.83 bits per heavy atom. The van der Waals surface area contributed by atoms with Crippen LogP contribution in [0.3, 0.4) is 0 Å². The molecule has 0 aromatic heterocycles. The third kappa shape index (κ3) is 3.40. The Morgan fingerprint density at radius 2 is 2.17 bits per heavy atom. The molecule has 1 fully saturated rings. The monoisotopic (exact) mass is 266 g/mol. The van der Waals surface area contributed by atoms with Gasteiger partial charge in [0.25, 0.3) is 0 Å². The standard InChI is InChI=1S/C14H22N2OS/c1-12(11-18(2)17)16-9-8-15-10-14(16)13-6-4-3-5-7-13/h3-7,12,14-15H,8-11H2,1-2H3. The summed E-state index contributed by atoms with van der Waals surface area (Å²) in [5.41, 5.74) is 1.35. The molecule has 100 valence electrons. The molecule has 1 aromatic carbocycles. The zero-order valence-electron chi connectivity index (χ0n) is 11.1. The maximum Gasteiger partial charge on any atom is 0.0476 e. The van der Waals surface area contributed by atoms with Crippen molar-refractivity contribution in [3.8, 4) is 0 Å². The Kier molecular flexibility index (Phi) is 4.92. The molecule has 1 aliphatic heterocycles. The lowest BCUT2D eigenvalue weighted by Gasteiger charge is -2.40. The van der Waals surface area contributed by atoms with Gasteiger partial charge in [0.1, 0.15) is 0 Å². The van der Waals surface area contributed by atoms with Crippen molar-refractivity contribution < 1.29 is 4.21 Å². The van der Waals surface area contributed by atoms with Gasteiger partial charge < -0.3 is 5.32 Å². The van der Waals surface area contributed by atoms with Crippen LogP contribution in [0.5, 0.6) is 0 Å². The summed E-state index contributed by atoms with van der Waals surface area (Å²) in [5.74, 6) is 0.753. The van der Waals surface area contributed by atoms with E-state index in [9.17, 15) is 4.21 Å². The molecule has 1 heterocycles. The van der Waals surface area contributed by atoms with Crippen molar-refractivity contribution in [2.75, 3.05) is 31.6 Å². The number of benzene rings is 1. The van der Waals surface area contributed by atoms with Crippen LogP contribution >= 0.6 is 0 Å². The fourth-order valence-electron chi connectivity index (χ4n) is 2.67. The van der Waals surface area contributed by atoms with Crippen molar-refractivity contribution in [3.05, 3.63) is 35.9 Å². The molecular weight excluding hydrogens is 244 g/mol. The minimum atomic E-state index is -0.731. The lowest BCUT2D eigenvalue weighted by Crippen LogP contribution is -2.51. The molecule has 0 amide bonds. The van der Waals surface area contributed by atoms with Crippen LogP contribution in [-0.4, -0.2) is 46.8 Å². The first kappa shape index (κ1) is 13.7. The van der Waals surface area contributed by atoms with Crippen molar-refractivity contribution in [2.45, 2.75) is 19.0 Å². The summed E-state index contributed by atoms with van der Waals surface area (Å²) >= 11 is 0. The van der Waals surface area contributed by atoms with E-state index in [0.29, 0.717) is 12.1 Å². The highest BCUT2D eigenvalue weighted by atomic mass is 32.2. The van der Waals surface area contributed by atoms with E-state index >= 15 is 0 Å². The summed E-state index contributed by atoms with van der Waals surface area (Å²) in [5, 5.41) is 3.45. The number of hydrogen-bond donors (Lipinski definition) is 1. The fourth-order valence-corrected chi connectivity index (χ4v) is 3.54. The molecule has 0 radical (unpaired) electrons. The minimum absolute atomic E-state index is 0.364. The summed E-state index contributed by atoms with van der Waals surface area (Å²) in [4.78, 5) is 2.48.